The molecule has 2 atom stereocenters. The Morgan fingerprint density at radius 1 is 0.574 bits per heavy atom. The van der Waals surface area contributed by atoms with Crippen LogP contribution < -0.4 is 5.32 Å². The zero-order valence-electron chi connectivity index (χ0n) is 34.9. The lowest BCUT2D eigenvalue weighted by molar-refractivity contribution is -0.161. The van der Waals surface area contributed by atoms with E-state index in [1.54, 1.807) is 7.05 Å². The van der Waals surface area contributed by atoms with Gasteiger partial charge >= 0.3 is 19.8 Å². The summed E-state index contributed by atoms with van der Waals surface area (Å²) in [6.07, 6.45) is 43.3. The molecule has 0 saturated carbocycles. The molecule has 0 fully saturated rings. The fourth-order valence-electron chi connectivity index (χ4n) is 5.91. The quantitative estimate of drug-likeness (QED) is 0.0270. The van der Waals surface area contributed by atoms with Crippen molar-refractivity contribution in [2.75, 3.05) is 33.4 Å². The van der Waals surface area contributed by atoms with Gasteiger partial charge in [-0.15, -0.1) is 0 Å². The number of phosphoric ester groups is 1. The molecular weight excluding hydrogens is 701 g/mol. The number of allylic oxidation sites excluding steroid dienone is 6. The molecule has 0 rings (SSSR count). The van der Waals surface area contributed by atoms with Crippen molar-refractivity contribution in [1.29, 1.82) is 0 Å². The van der Waals surface area contributed by atoms with Gasteiger partial charge in [0.15, 0.2) is 6.10 Å². The van der Waals surface area contributed by atoms with E-state index >= 15 is 0 Å². The van der Waals surface area contributed by atoms with Crippen LogP contribution in [0, 0.1) is 0 Å². The number of carbonyl (C=O) groups excluding carboxylic acids is 2. The Balaban J connectivity index is 4.25. The normalized spacial score (nSPS) is 13.6. The molecule has 0 aromatic heterocycles. The van der Waals surface area contributed by atoms with Gasteiger partial charge in [0.25, 0.3) is 0 Å². The van der Waals surface area contributed by atoms with E-state index in [9.17, 15) is 19.0 Å². The van der Waals surface area contributed by atoms with Crippen LogP contribution in [0.2, 0.25) is 0 Å². The number of hydrogen-bond acceptors (Lipinski definition) is 8. The minimum absolute atomic E-state index is 0.0235. The predicted molar refractivity (Wildman–Crippen MR) is 225 cm³/mol. The molecule has 0 amide bonds. The lowest BCUT2D eigenvalue weighted by Gasteiger charge is -2.20. The summed E-state index contributed by atoms with van der Waals surface area (Å²) in [5.74, 6) is -0.846. The summed E-state index contributed by atoms with van der Waals surface area (Å²) in [6, 6.07) is 0. The zero-order chi connectivity index (χ0) is 39.6. The highest BCUT2D eigenvalue weighted by molar-refractivity contribution is 7.47. The minimum atomic E-state index is -4.36. The van der Waals surface area contributed by atoms with E-state index in [4.69, 9.17) is 18.5 Å². The van der Waals surface area contributed by atoms with Crippen LogP contribution in [0.5, 0.6) is 0 Å². The predicted octanol–water partition coefficient (Wildman–Crippen LogP) is 12.4. The summed E-state index contributed by atoms with van der Waals surface area (Å²) >= 11 is 0. The van der Waals surface area contributed by atoms with Crippen molar-refractivity contribution in [2.24, 2.45) is 0 Å². The molecule has 0 radical (unpaired) electrons. The topological polar surface area (TPSA) is 120 Å². The second-order valence-electron chi connectivity index (χ2n) is 14.5. The van der Waals surface area contributed by atoms with Crippen molar-refractivity contribution in [3.05, 3.63) is 36.5 Å². The van der Waals surface area contributed by atoms with Crippen LogP contribution in [0.25, 0.3) is 0 Å². The van der Waals surface area contributed by atoms with Crippen LogP contribution in [0.4, 0.5) is 0 Å². The van der Waals surface area contributed by atoms with E-state index < -0.39 is 26.5 Å². The molecule has 0 bridgehead atoms. The van der Waals surface area contributed by atoms with Gasteiger partial charge in [-0.25, -0.2) is 4.57 Å². The van der Waals surface area contributed by atoms with E-state index in [2.05, 4.69) is 55.6 Å². The Morgan fingerprint density at radius 3 is 1.52 bits per heavy atom. The SMILES string of the molecule is CCCCC/C=C\C/C=C\C/C=C\CCCCC(=O)OC(COC(=O)CCCCCCCCCCCCCCCCCCC)COP(=O)(O)OCCNC. The van der Waals surface area contributed by atoms with Crippen LogP contribution in [-0.2, 0) is 32.7 Å². The molecule has 0 aliphatic rings. The van der Waals surface area contributed by atoms with Crippen LogP contribution >= 0.6 is 7.82 Å². The lowest BCUT2D eigenvalue weighted by atomic mass is 10.0. The zero-order valence-corrected chi connectivity index (χ0v) is 35.8. The van der Waals surface area contributed by atoms with Gasteiger partial charge in [-0.05, 0) is 58.4 Å². The average molecular weight is 784 g/mol. The van der Waals surface area contributed by atoms with E-state index in [1.807, 2.05) is 0 Å². The third kappa shape index (κ3) is 39.9. The van der Waals surface area contributed by atoms with E-state index in [1.165, 1.54) is 109 Å². The van der Waals surface area contributed by atoms with E-state index in [0.717, 1.165) is 51.4 Å². The number of carbonyl (C=O) groups is 2. The maximum absolute atomic E-state index is 12.6. The van der Waals surface area contributed by atoms with Crippen LogP contribution in [0.15, 0.2) is 36.5 Å². The maximum Gasteiger partial charge on any atom is 0.472 e. The van der Waals surface area contributed by atoms with Gasteiger partial charge in [-0.1, -0.05) is 166 Å². The molecule has 0 saturated heterocycles. The fourth-order valence-corrected chi connectivity index (χ4v) is 6.66. The summed E-state index contributed by atoms with van der Waals surface area (Å²) in [5, 5.41) is 2.82. The van der Waals surface area contributed by atoms with Gasteiger partial charge in [-0.2, -0.15) is 0 Å². The van der Waals surface area contributed by atoms with Crippen molar-refractivity contribution in [3.8, 4) is 0 Å². The summed E-state index contributed by atoms with van der Waals surface area (Å²) in [5.41, 5.74) is 0. The first-order valence-electron chi connectivity index (χ1n) is 21.9. The van der Waals surface area contributed by atoms with Crippen LogP contribution in [-0.4, -0.2) is 56.3 Å². The van der Waals surface area contributed by atoms with Gasteiger partial charge in [-0.3, -0.25) is 18.6 Å². The largest absolute Gasteiger partial charge is 0.472 e. The average Bonchev–Trinajstić information content (AvgIpc) is 3.15. The highest BCUT2D eigenvalue weighted by Gasteiger charge is 2.26. The van der Waals surface area contributed by atoms with Crippen LogP contribution in [0.3, 0.4) is 0 Å². The van der Waals surface area contributed by atoms with Gasteiger partial charge in [0.1, 0.15) is 6.61 Å². The smallest absolute Gasteiger partial charge is 0.462 e. The molecule has 0 aromatic carbocycles. The number of ether oxygens (including phenoxy) is 2. The molecule has 0 aliphatic carbocycles. The minimum Gasteiger partial charge on any atom is -0.462 e. The lowest BCUT2D eigenvalue weighted by Crippen LogP contribution is -2.29. The van der Waals surface area contributed by atoms with Crippen molar-refractivity contribution in [3.63, 3.8) is 0 Å². The molecule has 2 N–H and O–H groups in total. The number of rotatable bonds is 41. The monoisotopic (exact) mass is 784 g/mol. The van der Waals surface area contributed by atoms with Crippen molar-refractivity contribution < 1.29 is 37.6 Å². The number of unbranched alkanes of at least 4 members (excludes halogenated alkanes) is 21. The number of likely N-dealkylation sites (N-methyl/N-ethyl adjacent to an activating group) is 1. The van der Waals surface area contributed by atoms with Crippen molar-refractivity contribution in [1.82, 2.24) is 5.32 Å². The highest BCUT2D eigenvalue weighted by atomic mass is 31.2. The maximum atomic E-state index is 12.6. The van der Waals surface area contributed by atoms with Gasteiger partial charge < -0.3 is 19.7 Å². The fraction of sp³-hybridized carbons (Fsp3) is 0.818. The summed E-state index contributed by atoms with van der Waals surface area (Å²) < 4.78 is 33.1. The number of nitrogens with one attached hydrogen (secondary N) is 1. The number of esters is 2. The second-order valence-corrected chi connectivity index (χ2v) is 16.0. The van der Waals surface area contributed by atoms with Crippen molar-refractivity contribution in [2.45, 2.75) is 200 Å². The molecule has 0 spiro atoms. The third-order valence-corrected chi connectivity index (χ3v) is 10.2. The molecule has 54 heavy (non-hydrogen) atoms. The Morgan fingerprint density at radius 2 is 1.00 bits per heavy atom. The standard InChI is InChI=1S/C44H82NO8P/c1-4-6-8-10-12-14-16-18-20-21-23-24-26-28-30-32-34-36-43(46)50-40-42(41-52-54(48,49)51-39-38-45-3)53-44(47)37-35-33-31-29-27-25-22-19-17-15-13-11-9-7-5-2/h13,15,19,22,27,29,42,45H,4-12,14,16-18,20-21,23-26,28,30-41H2,1-3H3,(H,48,49)/b15-13-,22-19-,29-27-. The second kappa shape index (κ2) is 40.9. The van der Waals surface area contributed by atoms with Crippen LogP contribution in [0.1, 0.15) is 194 Å². The van der Waals surface area contributed by atoms with Gasteiger partial charge in [0, 0.05) is 19.4 Å². The molecule has 0 aromatic rings. The molecular formula is C44H82NO8P. The first kappa shape index (κ1) is 52.2. The Kier molecular flexibility index (Phi) is 39.5. The van der Waals surface area contributed by atoms with E-state index in [-0.39, 0.29) is 32.0 Å². The molecule has 316 valence electrons. The number of phosphoric acid groups is 1. The summed E-state index contributed by atoms with van der Waals surface area (Å²) in [6.45, 7) is 4.16. The first-order valence-corrected chi connectivity index (χ1v) is 23.4. The molecule has 2 unspecified atom stereocenters. The summed E-state index contributed by atoms with van der Waals surface area (Å²) in [7, 11) is -2.66. The molecule has 9 nitrogen and oxygen atoms in total. The molecule has 0 heterocycles. The Labute approximate surface area is 331 Å². The highest BCUT2D eigenvalue weighted by Crippen LogP contribution is 2.43. The molecule has 0 aliphatic heterocycles. The third-order valence-electron chi connectivity index (χ3n) is 9.26. The van der Waals surface area contributed by atoms with E-state index in [0.29, 0.717) is 13.0 Å². The van der Waals surface area contributed by atoms with Gasteiger partial charge in [0.05, 0.1) is 13.2 Å². The van der Waals surface area contributed by atoms with Crippen molar-refractivity contribution >= 4 is 19.8 Å². The number of hydrogen-bond donors (Lipinski definition) is 2. The van der Waals surface area contributed by atoms with Gasteiger partial charge in [0.2, 0.25) is 0 Å². The Bertz CT molecular complexity index is 986. The molecule has 10 heteroatoms. The first-order chi connectivity index (χ1) is 26.3. The Hall–Kier alpha value is -1.77. The summed E-state index contributed by atoms with van der Waals surface area (Å²) in [4.78, 5) is 35.0.